The van der Waals surface area contributed by atoms with E-state index in [1.165, 1.54) is 38.1 Å². The minimum absolute atomic E-state index is 0.310. The molecule has 0 bridgehead atoms. The molecule has 2 aliphatic rings. The van der Waals surface area contributed by atoms with Gasteiger partial charge in [-0.3, -0.25) is 4.90 Å². The fourth-order valence-corrected chi connectivity index (χ4v) is 3.40. The zero-order valence-electron chi connectivity index (χ0n) is 11.0. The Morgan fingerprint density at radius 2 is 2.21 bits per heavy atom. The minimum Gasteiger partial charge on any atom is -0.354 e. The van der Waals surface area contributed by atoms with Crippen molar-refractivity contribution in [3.8, 4) is 0 Å². The molecule has 0 radical (unpaired) electrons. The molecule has 0 N–H and O–H groups in total. The molecule has 1 atom stereocenters. The summed E-state index contributed by atoms with van der Waals surface area (Å²) in [6.07, 6.45) is 5.18. The maximum absolute atomic E-state index is 13.2. The van der Waals surface area contributed by atoms with Gasteiger partial charge in [0.05, 0.1) is 12.1 Å². The maximum atomic E-state index is 13.2. The molecule has 2 saturated heterocycles. The molecule has 0 spiro atoms. The minimum atomic E-state index is -0.310. The zero-order valence-corrected chi connectivity index (χ0v) is 11.7. The number of rotatable bonds is 2. The lowest BCUT2D eigenvalue weighted by Crippen LogP contribution is -2.55. The second-order valence-electron chi connectivity index (χ2n) is 5.40. The van der Waals surface area contributed by atoms with Gasteiger partial charge in [-0.05, 0) is 25.5 Å². The Balaban J connectivity index is 1.79. The second-order valence-corrected chi connectivity index (χ2v) is 5.67. The van der Waals surface area contributed by atoms with E-state index >= 15 is 0 Å². The molecule has 3 nitrogen and oxygen atoms in total. The van der Waals surface area contributed by atoms with Gasteiger partial charge in [0.25, 0.3) is 0 Å². The summed E-state index contributed by atoms with van der Waals surface area (Å²) in [5.74, 6) is 0.864. The average Bonchev–Trinajstić information content (AvgIpc) is 2.46. The predicted molar refractivity (Wildman–Crippen MR) is 75.2 cm³/mol. The first-order valence-corrected chi connectivity index (χ1v) is 7.51. The number of alkyl halides is 1. The fourth-order valence-electron chi connectivity index (χ4n) is 3.21. The quantitative estimate of drug-likeness (QED) is 0.778. The van der Waals surface area contributed by atoms with Crippen molar-refractivity contribution in [2.24, 2.45) is 0 Å². The Morgan fingerprint density at radius 3 is 3.05 bits per heavy atom. The summed E-state index contributed by atoms with van der Waals surface area (Å²) in [6.45, 7) is 4.24. The van der Waals surface area contributed by atoms with Crippen LogP contribution in [-0.2, 0) is 5.88 Å². The molecule has 2 aliphatic heterocycles. The van der Waals surface area contributed by atoms with E-state index in [0.29, 0.717) is 11.9 Å². The number of hydrogen-bond acceptors (Lipinski definition) is 3. The third-order valence-electron chi connectivity index (χ3n) is 4.19. The van der Waals surface area contributed by atoms with Crippen LogP contribution in [0.2, 0.25) is 0 Å². The van der Waals surface area contributed by atoms with Crippen LogP contribution in [0.5, 0.6) is 0 Å². The molecule has 19 heavy (non-hydrogen) atoms. The summed E-state index contributed by atoms with van der Waals surface area (Å²) in [4.78, 5) is 9.10. The molecule has 0 saturated carbocycles. The van der Waals surface area contributed by atoms with Crippen LogP contribution in [0, 0.1) is 5.82 Å². The van der Waals surface area contributed by atoms with E-state index in [4.69, 9.17) is 11.6 Å². The first-order valence-electron chi connectivity index (χ1n) is 6.97. The number of anilines is 1. The van der Waals surface area contributed by atoms with E-state index in [1.54, 1.807) is 0 Å². The van der Waals surface area contributed by atoms with Crippen LogP contribution in [0.15, 0.2) is 12.3 Å². The van der Waals surface area contributed by atoms with Crippen molar-refractivity contribution in [3.05, 3.63) is 23.6 Å². The Bertz CT molecular complexity index is 454. The van der Waals surface area contributed by atoms with Crippen molar-refractivity contribution in [1.82, 2.24) is 9.88 Å². The highest BCUT2D eigenvalue weighted by Crippen LogP contribution is 2.26. The Hall–Kier alpha value is -0.870. The first kappa shape index (κ1) is 13.1. The largest absolute Gasteiger partial charge is 0.354 e. The number of fused-ring (bicyclic) bond motifs is 1. The number of pyridine rings is 1. The summed E-state index contributed by atoms with van der Waals surface area (Å²) >= 11 is 5.92. The van der Waals surface area contributed by atoms with Crippen LogP contribution in [0.1, 0.15) is 24.8 Å². The van der Waals surface area contributed by atoms with Gasteiger partial charge in [0.15, 0.2) is 0 Å². The van der Waals surface area contributed by atoms with Crippen LogP contribution >= 0.6 is 11.6 Å². The van der Waals surface area contributed by atoms with E-state index in [0.717, 1.165) is 31.0 Å². The van der Waals surface area contributed by atoms with Crippen LogP contribution < -0.4 is 4.90 Å². The normalized spacial score (nSPS) is 24.3. The number of aromatic nitrogens is 1. The lowest BCUT2D eigenvalue weighted by Gasteiger charge is -2.44. The molecule has 0 amide bonds. The van der Waals surface area contributed by atoms with Gasteiger partial charge in [-0.15, -0.1) is 11.6 Å². The Kier molecular flexibility index (Phi) is 3.89. The van der Waals surface area contributed by atoms with E-state index in [2.05, 4.69) is 14.8 Å². The monoisotopic (exact) mass is 283 g/mol. The lowest BCUT2D eigenvalue weighted by molar-refractivity contribution is 0.133. The fraction of sp³-hybridized carbons (Fsp3) is 0.643. The molecule has 0 aliphatic carbocycles. The van der Waals surface area contributed by atoms with Crippen LogP contribution in [-0.4, -0.2) is 42.1 Å². The number of halogens is 2. The smallest absolute Gasteiger partial charge is 0.141 e. The van der Waals surface area contributed by atoms with Crippen LogP contribution in [0.4, 0.5) is 10.2 Å². The highest BCUT2D eigenvalue weighted by atomic mass is 35.5. The highest BCUT2D eigenvalue weighted by Gasteiger charge is 2.30. The molecule has 1 unspecified atom stereocenters. The summed E-state index contributed by atoms with van der Waals surface area (Å²) < 4.78 is 13.2. The number of hydrogen-bond donors (Lipinski definition) is 0. The Morgan fingerprint density at radius 1 is 1.32 bits per heavy atom. The summed E-state index contributed by atoms with van der Waals surface area (Å²) in [5.41, 5.74) is 0.797. The highest BCUT2D eigenvalue weighted by molar-refractivity contribution is 6.17. The topological polar surface area (TPSA) is 19.4 Å². The first-order chi connectivity index (χ1) is 9.28. The van der Waals surface area contributed by atoms with E-state index in [-0.39, 0.29) is 5.82 Å². The molecular formula is C14H19ClFN3. The summed E-state index contributed by atoms with van der Waals surface area (Å²) in [6, 6.07) is 2.13. The van der Waals surface area contributed by atoms with E-state index in [1.807, 2.05) is 0 Å². The molecule has 3 rings (SSSR count). The van der Waals surface area contributed by atoms with Gasteiger partial charge >= 0.3 is 0 Å². The second kappa shape index (κ2) is 5.63. The molecule has 104 valence electrons. The van der Waals surface area contributed by atoms with Crippen molar-refractivity contribution in [2.45, 2.75) is 31.2 Å². The third kappa shape index (κ3) is 2.70. The molecule has 1 aromatic rings. The van der Waals surface area contributed by atoms with Gasteiger partial charge in [0.1, 0.15) is 11.6 Å². The molecule has 2 fully saturated rings. The van der Waals surface area contributed by atoms with E-state index in [9.17, 15) is 4.39 Å². The van der Waals surface area contributed by atoms with E-state index < -0.39 is 0 Å². The maximum Gasteiger partial charge on any atom is 0.141 e. The molecular weight excluding hydrogens is 265 g/mol. The van der Waals surface area contributed by atoms with Gasteiger partial charge < -0.3 is 4.90 Å². The van der Waals surface area contributed by atoms with Gasteiger partial charge in [-0.2, -0.15) is 0 Å². The van der Waals surface area contributed by atoms with Crippen molar-refractivity contribution in [3.63, 3.8) is 0 Å². The molecule has 3 heterocycles. The zero-order chi connectivity index (χ0) is 13.2. The summed E-state index contributed by atoms with van der Waals surface area (Å²) in [7, 11) is 0. The SMILES string of the molecule is Fc1cnc(N2CCN3CCCCC3C2)c(CCl)c1. The lowest BCUT2D eigenvalue weighted by atomic mass is 9.99. The van der Waals surface area contributed by atoms with Gasteiger partial charge in [0, 0.05) is 31.2 Å². The average molecular weight is 284 g/mol. The summed E-state index contributed by atoms with van der Waals surface area (Å²) in [5, 5.41) is 0. The van der Waals surface area contributed by atoms with Crippen LogP contribution in [0.25, 0.3) is 0 Å². The molecule has 0 aromatic carbocycles. The third-order valence-corrected chi connectivity index (χ3v) is 4.48. The van der Waals surface area contributed by atoms with Crippen molar-refractivity contribution >= 4 is 17.4 Å². The molecule has 1 aromatic heterocycles. The van der Waals surface area contributed by atoms with Gasteiger partial charge in [-0.1, -0.05) is 6.42 Å². The number of nitrogens with zero attached hydrogens (tertiary/aromatic N) is 3. The Labute approximate surface area is 118 Å². The van der Waals surface area contributed by atoms with Crippen molar-refractivity contribution in [1.29, 1.82) is 0 Å². The van der Waals surface area contributed by atoms with Crippen molar-refractivity contribution < 1.29 is 4.39 Å². The van der Waals surface area contributed by atoms with Gasteiger partial charge in [-0.25, -0.2) is 9.37 Å². The van der Waals surface area contributed by atoms with Gasteiger partial charge in [0.2, 0.25) is 0 Å². The predicted octanol–water partition coefficient (Wildman–Crippen LogP) is 2.63. The van der Waals surface area contributed by atoms with Crippen molar-refractivity contribution in [2.75, 3.05) is 31.1 Å². The van der Waals surface area contributed by atoms with Crippen LogP contribution in [0.3, 0.4) is 0 Å². The number of piperazine rings is 1. The number of piperidine rings is 1. The standard InChI is InChI=1S/C14H19ClFN3/c15-8-11-7-12(16)9-17-14(11)19-6-5-18-4-2-1-3-13(18)10-19/h7,9,13H,1-6,8,10H2. The molecule has 5 heteroatoms.